The molecule has 1 unspecified atom stereocenters. The average molecular weight is 462 g/mol. The molecule has 0 radical (unpaired) electrons. The van der Waals surface area contributed by atoms with Gasteiger partial charge in [0.15, 0.2) is 11.5 Å². The van der Waals surface area contributed by atoms with Gasteiger partial charge in [-0.15, -0.1) is 0 Å². The standard InChI is InChI=1S/C27H27NO6/c1-16-12-24-26(27(30)28(16)2)20(15-25(29)34-24)18-5-7-22(23(14-18)31-3)33-10-8-17-4-6-21-19(13-17)9-11-32-21/h4-7,12-14,20H,8-11,15H2,1-3H3. The van der Waals surface area contributed by atoms with Crippen LogP contribution < -0.4 is 24.5 Å². The van der Waals surface area contributed by atoms with E-state index in [4.69, 9.17) is 18.9 Å². The van der Waals surface area contributed by atoms with E-state index in [1.54, 1.807) is 24.8 Å². The molecule has 1 aromatic heterocycles. The molecule has 7 heteroatoms. The fourth-order valence-corrected chi connectivity index (χ4v) is 4.63. The molecular formula is C27H27NO6. The number of carbonyl (C=O) groups is 1. The second kappa shape index (κ2) is 8.89. The Labute approximate surface area is 197 Å². The van der Waals surface area contributed by atoms with Crippen molar-refractivity contribution in [1.29, 1.82) is 0 Å². The van der Waals surface area contributed by atoms with Crippen LogP contribution in [0.5, 0.6) is 23.0 Å². The number of pyridine rings is 1. The highest BCUT2D eigenvalue weighted by atomic mass is 16.5. The Balaban J connectivity index is 1.37. The summed E-state index contributed by atoms with van der Waals surface area (Å²) in [6.07, 6.45) is 1.80. The number of ether oxygens (including phenoxy) is 4. The predicted octanol–water partition coefficient (Wildman–Crippen LogP) is 3.70. The maximum atomic E-state index is 13.0. The summed E-state index contributed by atoms with van der Waals surface area (Å²) >= 11 is 0. The summed E-state index contributed by atoms with van der Waals surface area (Å²) in [6.45, 7) is 3.05. The Morgan fingerprint density at radius 3 is 2.74 bits per heavy atom. The number of benzene rings is 2. The van der Waals surface area contributed by atoms with Gasteiger partial charge in [-0.1, -0.05) is 18.2 Å². The predicted molar refractivity (Wildman–Crippen MR) is 126 cm³/mol. The van der Waals surface area contributed by atoms with Gasteiger partial charge >= 0.3 is 5.97 Å². The summed E-state index contributed by atoms with van der Waals surface area (Å²) in [4.78, 5) is 25.3. The van der Waals surface area contributed by atoms with Crippen LogP contribution in [-0.4, -0.2) is 30.9 Å². The molecular weight excluding hydrogens is 434 g/mol. The molecule has 34 heavy (non-hydrogen) atoms. The SMILES string of the molecule is COc1cc(C2CC(=O)Oc3cc(C)n(C)c(=O)c32)ccc1OCCc1ccc2c(c1)CCO2. The molecule has 2 aromatic carbocycles. The fourth-order valence-electron chi connectivity index (χ4n) is 4.63. The Morgan fingerprint density at radius 2 is 1.91 bits per heavy atom. The van der Waals surface area contributed by atoms with E-state index in [0.717, 1.165) is 36.5 Å². The van der Waals surface area contributed by atoms with Gasteiger partial charge in [0.05, 0.1) is 32.3 Å². The first kappa shape index (κ1) is 22.1. The molecule has 0 spiro atoms. The molecule has 3 aromatic rings. The first-order valence-electron chi connectivity index (χ1n) is 11.4. The molecule has 0 aliphatic carbocycles. The lowest BCUT2D eigenvalue weighted by Gasteiger charge is -2.26. The summed E-state index contributed by atoms with van der Waals surface area (Å²) < 4.78 is 24.1. The molecule has 2 aliphatic rings. The minimum absolute atomic E-state index is 0.0940. The minimum atomic E-state index is -0.410. The zero-order valence-electron chi connectivity index (χ0n) is 19.6. The molecule has 3 heterocycles. The maximum Gasteiger partial charge on any atom is 0.312 e. The maximum absolute atomic E-state index is 13.0. The van der Waals surface area contributed by atoms with Crippen LogP contribution in [0.25, 0.3) is 0 Å². The monoisotopic (exact) mass is 461 g/mol. The normalized spacial score (nSPS) is 16.3. The number of aromatic nitrogens is 1. The summed E-state index contributed by atoms with van der Waals surface area (Å²) in [5, 5.41) is 0. The minimum Gasteiger partial charge on any atom is -0.493 e. The average Bonchev–Trinajstić information content (AvgIpc) is 3.30. The second-order valence-electron chi connectivity index (χ2n) is 8.71. The van der Waals surface area contributed by atoms with Crippen LogP contribution in [0.2, 0.25) is 0 Å². The lowest BCUT2D eigenvalue weighted by atomic mass is 9.86. The lowest BCUT2D eigenvalue weighted by molar-refractivity contribution is -0.135. The number of rotatable bonds is 6. The van der Waals surface area contributed by atoms with Gasteiger partial charge < -0.3 is 23.5 Å². The van der Waals surface area contributed by atoms with Crippen LogP contribution in [0.3, 0.4) is 0 Å². The third kappa shape index (κ3) is 4.02. The van der Waals surface area contributed by atoms with Crippen molar-refractivity contribution in [2.75, 3.05) is 20.3 Å². The molecule has 1 atom stereocenters. The molecule has 0 fully saturated rings. The second-order valence-corrected chi connectivity index (χ2v) is 8.71. The quantitative estimate of drug-likeness (QED) is 0.521. The zero-order chi connectivity index (χ0) is 23.8. The highest BCUT2D eigenvalue weighted by molar-refractivity contribution is 5.77. The molecule has 0 saturated carbocycles. The van der Waals surface area contributed by atoms with Crippen LogP contribution in [0.4, 0.5) is 0 Å². The third-order valence-electron chi connectivity index (χ3n) is 6.60. The van der Waals surface area contributed by atoms with Crippen molar-refractivity contribution in [3.8, 4) is 23.0 Å². The Hall–Kier alpha value is -3.74. The largest absolute Gasteiger partial charge is 0.493 e. The van der Waals surface area contributed by atoms with E-state index >= 15 is 0 Å². The summed E-state index contributed by atoms with van der Waals surface area (Å²) in [7, 11) is 3.30. The first-order chi connectivity index (χ1) is 16.4. The smallest absolute Gasteiger partial charge is 0.312 e. The summed E-state index contributed by atoms with van der Waals surface area (Å²) in [6, 6.07) is 13.6. The number of hydrogen-bond acceptors (Lipinski definition) is 6. The topological polar surface area (TPSA) is 76.0 Å². The van der Waals surface area contributed by atoms with Crippen LogP contribution in [0.15, 0.2) is 47.3 Å². The van der Waals surface area contributed by atoms with Crippen molar-refractivity contribution in [3.05, 3.63) is 80.8 Å². The van der Waals surface area contributed by atoms with E-state index in [1.165, 1.54) is 11.1 Å². The van der Waals surface area contributed by atoms with E-state index in [0.29, 0.717) is 29.4 Å². The molecule has 5 rings (SSSR count). The number of methoxy groups -OCH3 is 1. The van der Waals surface area contributed by atoms with Crippen molar-refractivity contribution >= 4 is 5.97 Å². The molecule has 2 aliphatic heterocycles. The Bertz CT molecular complexity index is 1330. The fraction of sp³-hybridized carbons (Fsp3) is 0.333. The molecule has 0 bridgehead atoms. The summed E-state index contributed by atoms with van der Waals surface area (Å²) in [5.74, 6) is 1.72. The first-order valence-corrected chi connectivity index (χ1v) is 11.4. The number of hydrogen-bond donors (Lipinski definition) is 0. The van der Waals surface area contributed by atoms with E-state index < -0.39 is 5.92 Å². The van der Waals surface area contributed by atoms with Crippen LogP contribution in [0, 0.1) is 6.92 Å². The Kier molecular flexibility index (Phi) is 5.77. The number of esters is 1. The number of fused-ring (bicyclic) bond motifs is 2. The van der Waals surface area contributed by atoms with Gasteiger partial charge in [-0.3, -0.25) is 9.59 Å². The zero-order valence-corrected chi connectivity index (χ0v) is 19.6. The van der Waals surface area contributed by atoms with Crippen LogP contribution in [0.1, 0.15) is 40.3 Å². The van der Waals surface area contributed by atoms with Gasteiger partial charge in [-0.2, -0.15) is 0 Å². The van der Waals surface area contributed by atoms with Gasteiger partial charge in [0.1, 0.15) is 11.5 Å². The van der Waals surface area contributed by atoms with Gasteiger partial charge in [0.25, 0.3) is 5.56 Å². The lowest BCUT2D eigenvalue weighted by Crippen LogP contribution is -2.32. The van der Waals surface area contributed by atoms with Crippen LogP contribution in [-0.2, 0) is 24.7 Å². The van der Waals surface area contributed by atoms with Crippen molar-refractivity contribution in [1.82, 2.24) is 4.57 Å². The summed E-state index contributed by atoms with van der Waals surface area (Å²) in [5.41, 5.74) is 4.31. The van der Waals surface area contributed by atoms with Crippen molar-refractivity contribution in [2.45, 2.75) is 32.1 Å². The van der Waals surface area contributed by atoms with E-state index in [2.05, 4.69) is 12.1 Å². The molecule has 176 valence electrons. The van der Waals surface area contributed by atoms with Crippen molar-refractivity contribution in [2.24, 2.45) is 7.05 Å². The van der Waals surface area contributed by atoms with Gasteiger partial charge in [0.2, 0.25) is 0 Å². The van der Waals surface area contributed by atoms with Crippen LogP contribution >= 0.6 is 0 Å². The number of aryl methyl sites for hydroxylation is 1. The molecule has 0 saturated heterocycles. The highest BCUT2D eigenvalue weighted by Gasteiger charge is 2.32. The van der Waals surface area contributed by atoms with E-state index in [9.17, 15) is 9.59 Å². The molecule has 0 amide bonds. The molecule has 0 N–H and O–H groups in total. The number of carbonyl (C=O) groups excluding carboxylic acids is 1. The highest BCUT2D eigenvalue weighted by Crippen LogP contribution is 2.40. The van der Waals surface area contributed by atoms with E-state index in [-0.39, 0.29) is 17.9 Å². The van der Waals surface area contributed by atoms with E-state index in [1.807, 2.05) is 31.2 Å². The Morgan fingerprint density at radius 1 is 1.06 bits per heavy atom. The molecule has 7 nitrogen and oxygen atoms in total. The van der Waals surface area contributed by atoms with Crippen molar-refractivity contribution in [3.63, 3.8) is 0 Å². The van der Waals surface area contributed by atoms with Gasteiger partial charge in [0, 0.05) is 37.6 Å². The third-order valence-corrected chi connectivity index (χ3v) is 6.60. The van der Waals surface area contributed by atoms with Gasteiger partial charge in [-0.05, 0) is 41.8 Å². The number of nitrogens with zero attached hydrogens (tertiary/aromatic N) is 1. The van der Waals surface area contributed by atoms with Gasteiger partial charge in [-0.25, -0.2) is 0 Å². The van der Waals surface area contributed by atoms with Crippen molar-refractivity contribution < 1.29 is 23.7 Å².